The number of rotatable bonds is 4. The van der Waals surface area contributed by atoms with Gasteiger partial charge in [0, 0.05) is 6.42 Å². The first-order valence-corrected chi connectivity index (χ1v) is 4.27. The minimum Gasteiger partial charge on any atom is -0.480 e. The highest BCUT2D eigenvalue weighted by atomic mass is 16.5. The zero-order chi connectivity index (χ0) is 10.6. The molecule has 14 heavy (non-hydrogen) atoms. The molecule has 0 spiro atoms. The van der Waals surface area contributed by atoms with Gasteiger partial charge in [0.2, 0.25) is 0 Å². The summed E-state index contributed by atoms with van der Waals surface area (Å²) in [5, 5.41) is 17.7. The van der Waals surface area contributed by atoms with Gasteiger partial charge < -0.3 is 10.3 Å². The molecule has 0 fully saturated rings. The van der Waals surface area contributed by atoms with E-state index in [9.17, 15) is 4.79 Å². The number of carbonyl (C=O) groups is 1. The molecule has 76 valence electrons. The van der Waals surface area contributed by atoms with Crippen LogP contribution in [0.5, 0.6) is 0 Å². The SMILES string of the molecule is CC(Cc1ccccc1)(NO)C(=O)O. The van der Waals surface area contributed by atoms with Crippen LogP contribution in [0.3, 0.4) is 0 Å². The molecule has 0 amide bonds. The molecule has 0 aliphatic rings. The largest absolute Gasteiger partial charge is 0.480 e. The summed E-state index contributed by atoms with van der Waals surface area (Å²) in [4.78, 5) is 10.8. The molecule has 0 saturated heterocycles. The van der Waals surface area contributed by atoms with Crippen molar-refractivity contribution in [3.05, 3.63) is 35.9 Å². The number of benzene rings is 1. The maximum atomic E-state index is 10.8. The summed E-state index contributed by atoms with van der Waals surface area (Å²) >= 11 is 0. The first-order chi connectivity index (χ1) is 6.58. The van der Waals surface area contributed by atoms with E-state index in [1.54, 1.807) is 0 Å². The third kappa shape index (κ3) is 2.31. The van der Waals surface area contributed by atoms with Crippen LogP contribution >= 0.6 is 0 Å². The maximum absolute atomic E-state index is 10.8. The molecule has 3 N–H and O–H groups in total. The molecule has 4 nitrogen and oxygen atoms in total. The Morgan fingerprint density at radius 1 is 1.43 bits per heavy atom. The fourth-order valence-corrected chi connectivity index (χ4v) is 1.17. The second kappa shape index (κ2) is 4.21. The number of nitrogens with one attached hydrogen (secondary N) is 1. The smallest absolute Gasteiger partial charge is 0.326 e. The van der Waals surface area contributed by atoms with Crippen LogP contribution in [-0.4, -0.2) is 21.8 Å². The van der Waals surface area contributed by atoms with Crippen molar-refractivity contribution in [3.8, 4) is 0 Å². The van der Waals surface area contributed by atoms with Gasteiger partial charge in [0.25, 0.3) is 0 Å². The normalized spacial score (nSPS) is 14.7. The second-order valence-corrected chi connectivity index (χ2v) is 3.41. The Balaban J connectivity index is 2.81. The zero-order valence-electron chi connectivity index (χ0n) is 7.90. The van der Waals surface area contributed by atoms with Crippen LogP contribution in [0.2, 0.25) is 0 Å². The lowest BCUT2D eigenvalue weighted by atomic mass is 9.94. The number of hydrogen-bond donors (Lipinski definition) is 3. The van der Waals surface area contributed by atoms with Gasteiger partial charge in [-0.3, -0.25) is 4.79 Å². The topological polar surface area (TPSA) is 69.6 Å². The summed E-state index contributed by atoms with van der Waals surface area (Å²) in [7, 11) is 0. The fraction of sp³-hybridized carbons (Fsp3) is 0.300. The highest BCUT2D eigenvalue weighted by Gasteiger charge is 2.32. The van der Waals surface area contributed by atoms with Gasteiger partial charge in [-0.15, -0.1) is 0 Å². The van der Waals surface area contributed by atoms with Gasteiger partial charge in [0.15, 0.2) is 0 Å². The molecule has 1 rings (SSSR count). The summed E-state index contributed by atoms with van der Waals surface area (Å²) in [5.74, 6) is -1.08. The lowest BCUT2D eigenvalue weighted by Gasteiger charge is -2.22. The van der Waals surface area contributed by atoms with Gasteiger partial charge in [-0.1, -0.05) is 30.3 Å². The number of carboxylic acids is 1. The van der Waals surface area contributed by atoms with Crippen LogP contribution in [0.25, 0.3) is 0 Å². The molecule has 0 saturated carbocycles. The van der Waals surface area contributed by atoms with E-state index in [0.717, 1.165) is 5.56 Å². The molecule has 0 bridgehead atoms. The molecule has 0 aliphatic carbocycles. The van der Waals surface area contributed by atoms with Crippen molar-refractivity contribution in [2.24, 2.45) is 0 Å². The summed E-state index contributed by atoms with van der Waals surface area (Å²) < 4.78 is 0. The Morgan fingerprint density at radius 2 is 2.00 bits per heavy atom. The molecule has 0 heterocycles. The van der Waals surface area contributed by atoms with Crippen LogP contribution in [-0.2, 0) is 11.2 Å². The van der Waals surface area contributed by atoms with Crippen LogP contribution < -0.4 is 5.48 Å². The molecule has 0 aliphatic heterocycles. The van der Waals surface area contributed by atoms with Crippen molar-refractivity contribution < 1.29 is 15.1 Å². The fourth-order valence-electron chi connectivity index (χ4n) is 1.17. The monoisotopic (exact) mass is 195 g/mol. The molecule has 1 aromatic rings. The predicted octanol–water partition coefficient (Wildman–Crippen LogP) is 1.05. The second-order valence-electron chi connectivity index (χ2n) is 3.41. The predicted molar refractivity (Wildman–Crippen MR) is 51.1 cm³/mol. The van der Waals surface area contributed by atoms with Crippen molar-refractivity contribution in [3.63, 3.8) is 0 Å². The van der Waals surface area contributed by atoms with E-state index in [1.807, 2.05) is 35.8 Å². The molecule has 0 aromatic heterocycles. The maximum Gasteiger partial charge on any atom is 0.326 e. The lowest BCUT2D eigenvalue weighted by Crippen LogP contribution is -2.49. The number of hydrogen-bond acceptors (Lipinski definition) is 3. The van der Waals surface area contributed by atoms with Crippen molar-refractivity contribution in [2.75, 3.05) is 0 Å². The quantitative estimate of drug-likeness (QED) is 0.628. The van der Waals surface area contributed by atoms with Gasteiger partial charge in [-0.05, 0) is 12.5 Å². The van der Waals surface area contributed by atoms with E-state index in [4.69, 9.17) is 10.3 Å². The first-order valence-electron chi connectivity index (χ1n) is 4.27. The molecular formula is C10H13NO3. The molecule has 1 atom stereocenters. The molecule has 1 unspecified atom stereocenters. The van der Waals surface area contributed by atoms with Crippen LogP contribution in [0, 0.1) is 0 Å². The van der Waals surface area contributed by atoms with Gasteiger partial charge in [-0.25, -0.2) is 0 Å². The Morgan fingerprint density at radius 3 is 2.43 bits per heavy atom. The molecular weight excluding hydrogens is 182 g/mol. The highest BCUT2D eigenvalue weighted by molar-refractivity contribution is 5.78. The number of hydroxylamine groups is 1. The van der Waals surface area contributed by atoms with E-state index >= 15 is 0 Å². The molecule has 0 radical (unpaired) electrons. The number of aliphatic carboxylic acids is 1. The van der Waals surface area contributed by atoms with Gasteiger partial charge in [0.1, 0.15) is 5.54 Å². The molecule has 1 aromatic carbocycles. The summed E-state index contributed by atoms with van der Waals surface area (Å²) in [6.07, 6.45) is 0.236. The van der Waals surface area contributed by atoms with E-state index < -0.39 is 11.5 Å². The van der Waals surface area contributed by atoms with Gasteiger partial charge in [0.05, 0.1) is 0 Å². The van der Waals surface area contributed by atoms with Gasteiger partial charge in [-0.2, -0.15) is 5.48 Å². The third-order valence-corrected chi connectivity index (χ3v) is 2.12. The third-order valence-electron chi connectivity index (χ3n) is 2.12. The summed E-state index contributed by atoms with van der Waals surface area (Å²) in [5.41, 5.74) is 1.35. The van der Waals surface area contributed by atoms with Crippen LogP contribution in [0.15, 0.2) is 30.3 Å². The molecule has 4 heteroatoms. The lowest BCUT2D eigenvalue weighted by molar-refractivity contribution is -0.148. The Labute approximate surface area is 82.1 Å². The van der Waals surface area contributed by atoms with Gasteiger partial charge >= 0.3 is 5.97 Å². The number of carboxylic acid groups (broad SMARTS) is 1. The van der Waals surface area contributed by atoms with E-state index in [0.29, 0.717) is 0 Å². The van der Waals surface area contributed by atoms with Crippen molar-refractivity contribution in [2.45, 2.75) is 18.9 Å². The van der Waals surface area contributed by atoms with Crippen LogP contribution in [0.4, 0.5) is 0 Å². The average Bonchev–Trinajstić information content (AvgIpc) is 2.19. The first kappa shape index (κ1) is 10.7. The summed E-state index contributed by atoms with van der Waals surface area (Å²) in [6, 6.07) is 9.15. The van der Waals surface area contributed by atoms with E-state index in [2.05, 4.69) is 0 Å². The zero-order valence-corrected chi connectivity index (χ0v) is 7.90. The highest BCUT2D eigenvalue weighted by Crippen LogP contribution is 2.12. The van der Waals surface area contributed by atoms with E-state index in [-0.39, 0.29) is 6.42 Å². The van der Waals surface area contributed by atoms with Crippen molar-refractivity contribution in [1.29, 1.82) is 0 Å². The summed E-state index contributed by atoms with van der Waals surface area (Å²) in [6.45, 7) is 1.43. The Kier molecular flexibility index (Phi) is 3.22. The Bertz CT molecular complexity index is 312. The van der Waals surface area contributed by atoms with Crippen molar-refractivity contribution in [1.82, 2.24) is 5.48 Å². The minimum atomic E-state index is -1.33. The Hall–Kier alpha value is -1.39. The standard InChI is InChI=1S/C10H13NO3/c1-10(11-14,9(12)13)7-8-5-3-2-4-6-8/h2-6,11,14H,7H2,1H3,(H,12,13). The van der Waals surface area contributed by atoms with Crippen LogP contribution in [0.1, 0.15) is 12.5 Å². The minimum absolute atomic E-state index is 0.236. The average molecular weight is 195 g/mol. The van der Waals surface area contributed by atoms with E-state index in [1.165, 1.54) is 6.92 Å². The van der Waals surface area contributed by atoms with Crippen molar-refractivity contribution >= 4 is 5.97 Å².